The van der Waals surface area contributed by atoms with E-state index in [2.05, 4.69) is 37.2 Å². The Morgan fingerprint density at radius 2 is 2.11 bits per heavy atom. The first-order chi connectivity index (χ1) is 9.00. The van der Waals surface area contributed by atoms with Gasteiger partial charge in [0.25, 0.3) is 0 Å². The highest BCUT2D eigenvalue weighted by Crippen LogP contribution is 2.44. The van der Waals surface area contributed by atoms with Crippen LogP contribution in [0, 0.1) is 0 Å². The predicted octanol–water partition coefficient (Wildman–Crippen LogP) is 3.00. The van der Waals surface area contributed by atoms with Crippen LogP contribution < -0.4 is 5.32 Å². The Kier molecular flexibility index (Phi) is 4.51. The zero-order chi connectivity index (χ0) is 14.1. The average molecular weight is 284 g/mol. The number of nitrogens with one attached hydrogen (secondary N) is 1. The van der Waals surface area contributed by atoms with E-state index in [1.54, 1.807) is 0 Å². The summed E-state index contributed by atoms with van der Waals surface area (Å²) in [7, 11) is 0. The maximum absolute atomic E-state index is 12.7. The van der Waals surface area contributed by atoms with E-state index in [0.717, 1.165) is 25.8 Å². The molecule has 1 saturated carbocycles. The van der Waals surface area contributed by atoms with Gasteiger partial charge >= 0.3 is 0 Å². The SMILES string of the molecule is CCCC1NC(C)(CC)C(=O)N1CC1(SC)CCC1. The summed E-state index contributed by atoms with van der Waals surface area (Å²) >= 11 is 1.95. The highest BCUT2D eigenvalue weighted by atomic mass is 32.2. The van der Waals surface area contributed by atoms with Gasteiger partial charge in [0, 0.05) is 11.3 Å². The van der Waals surface area contributed by atoms with E-state index in [-0.39, 0.29) is 11.7 Å². The van der Waals surface area contributed by atoms with Crippen LogP contribution in [0.25, 0.3) is 0 Å². The van der Waals surface area contributed by atoms with E-state index >= 15 is 0 Å². The normalized spacial score (nSPS) is 33.6. The largest absolute Gasteiger partial charge is 0.324 e. The Morgan fingerprint density at radius 1 is 1.42 bits per heavy atom. The molecule has 2 rings (SSSR count). The molecule has 2 fully saturated rings. The standard InChI is InChI=1S/C15H28N2OS/c1-5-8-12-16-14(3,6-2)13(18)17(12)11-15(19-4)9-7-10-15/h12,16H,5-11H2,1-4H3. The van der Waals surface area contributed by atoms with Crippen molar-refractivity contribution in [3.8, 4) is 0 Å². The third kappa shape index (κ3) is 2.66. The van der Waals surface area contributed by atoms with E-state index in [4.69, 9.17) is 0 Å². The second kappa shape index (κ2) is 5.65. The van der Waals surface area contributed by atoms with Gasteiger partial charge in [-0.2, -0.15) is 11.8 Å². The summed E-state index contributed by atoms with van der Waals surface area (Å²) in [4.78, 5) is 14.9. The number of nitrogens with zero attached hydrogens (tertiary/aromatic N) is 1. The molecule has 2 aliphatic rings. The van der Waals surface area contributed by atoms with Gasteiger partial charge in [-0.3, -0.25) is 10.1 Å². The highest BCUT2D eigenvalue weighted by molar-refractivity contribution is 8.00. The lowest BCUT2D eigenvalue weighted by Crippen LogP contribution is -2.50. The minimum absolute atomic E-state index is 0.243. The third-order valence-electron chi connectivity index (χ3n) is 5.02. The molecule has 0 bridgehead atoms. The molecule has 19 heavy (non-hydrogen) atoms. The monoisotopic (exact) mass is 284 g/mol. The molecule has 0 aromatic carbocycles. The number of carbonyl (C=O) groups is 1. The van der Waals surface area contributed by atoms with Gasteiger partial charge in [-0.15, -0.1) is 0 Å². The van der Waals surface area contributed by atoms with Crippen molar-refractivity contribution in [1.29, 1.82) is 0 Å². The fraction of sp³-hybridized carbons (Fsp3) is 0.933. The number of thioether (sulfide) groups is 1. The molecule has 1 heterocycles. The first-order valence-corrected chi connectivity index (χ1v) is 8.86. The van der Waals surface area contributed by atoms with Crippen LogP contribution in [0.15, 0.2) is 0 Å². The molecule has 0 spiro atoms. The molecule has 1 amide bonds. The van der Waals surface area contributed by atoms with Crippen LogP contribution in [0.1, 0.15) is 59.3 Å². The Hall–Kier alpha value is -0.220. The summed E-state index contributed by atoms with van der Waals surface area (Å²) in [6.45, 7) is 7.29. The van der Waals surface area contributed by atoms with Gasteiger partial charge in [0.15, 0.2) is 0 Å². The van der Waals surface area contributed by atoms with Crippen LogP contribution in [0.2, 0.25) is 0 Å². The molecule has 0 radical (unpaired) electrons. The highest BCUT2D eigenvalue weighted by Gasteiger charge is 2.49. The van der Waals surface area contributed by atoms with E-state index in [0.29, 0.717) is 10.7 Å². The van der Waals surface area contributed by atoms with Crippen molar-refractivity contribution in [2.24, 2.45) is 0 Å². The second-order valence-corrected chi connectivity index (χ2v) is 7.58. The van der Waals surface area contributed by atoms with Crippen molar-refractivity contribution in [1.82, 2.24) is 10.2 Å². The molecular formula is C15H28N2OS. The number of hydrogen-bond acceptors (Lipinski definition) is 3. The number of amides is 1. The lowest BCUT2D eigenvalue weighted by atomic mass is 9.83. The summed E-state index contributed by atoms with van der Waals surface area (Å²) in [5.41, 5.74) is -0.344. The van der Waals surface area contributed by atoms with Gasteiger partial charge in [0.05, 0.1) is 11.7 Å². The Balaban J connectivity index is 2.13. The van der Waals surface area contributed by atoms with E-state index in [1.807, 2.05) is 11.8 Å². The van der Waals surface area contributed by atoms with Gasteiger partial charge < -0.3 is 4.90 Å². The molecule has 2 atom stereocenters. The summed E-state index contributed by atoms with van der Waals surface area (Å²) in [5, 5.41) is 3.58. The van der Waals surface area contributed by atoms with Crippen molar-refractivity contribution < 1.29 is 4.79 Å². The molecule has 1 N–H and O–H groups in total. The molecule has 2 unspecified atom stereocenters. The summed E-state index contributed by atoms with van der Waals surface area (Å²) in [5.74, 6) is 0.314. The minimum atomic E-state index is -0.344. The fourth-order valence-corrected chi connectivity index (χ4v) is 4.18. The Bertz CT molecular complexity index is 338. The molecule has 1 aliphatic carbocycles. The van der Waals surface area contributed by atoms with Gasteiger partial charge in [-0.1, -0.05) is 26.7 Å². The molecule has 1 saturated heterocycles. The molecular weight excluding hydrogens is 256 g/mol. The molecule has 4 heteroatoms. The smallest absolute Gasteiger partial charge is 0.243 e. The van der Waals surface area contributed by atoms with Crippen LogP contribution in [-0.4, -0.2) is 40.1 Å². The molecule has 1 aliphatic heterocycles. The van der Waals surface area contributed by atoms with Crippen molar-refractivity contribution in [3.63, 3.8) is 0 Å². The van der Waals surface area contributed by atoms with Gasteiger partial charge in [-0.25, -0.2) is 0 Å². The second-order valence-electron chi connectivity index (χ2n) is 6.31. The van der Waals surface area contributed by atoms with Crippen molar-refractivity contribution in [2.75, 3.05) is 12.8 Å². The van der Waals surface area contributed by atoms with Crippen LogP contribution in [-0.2, 0) is 4.79 Å². The van der Waals surface area contributed by atoms with Crippen LogP contribution in [0.4, 0.5) is 0 Å². The molecule has 3 nitrogen and oxygen atoms in total. The van der Waals surface area contributed by atoms with E-state index in [1.165, 1.54) is 19.3 Å². The first kappa shape index (κ1) is 15.2. The van der Waals surface area contributed by atoms with E-state index < -0.39 is 0 Å². The maximum Gasteiger partial charge on any atom is 0.243 e. The molecule has 0 aromatic heterocycles. The van der Waals surface area contributed by atoms with Crippen LogP contribution in [0.5, 0.6) is 0 Å². The van der Waals surface area contributed by atoms with Crippen LogP contribution in [0.3, 0.4) is 0 Å². The number of hydrogen-bond donors (Lipinski definition) is 1. The molecule has 110 valence electrons. The van der Waals surface area contributed by atoms with Gasteiger partial charge in [0.1, 0.15) is 0 Å². The minimum Gasteiger partial charge on any atom is -0.324 e. The Labute approximate surface area is 121 Å². The Morgan fingerprint density at radius 3 is 2.53 bits per heavy atom. The van der Waals surface area contributed by atoms with Crippen molar-refractivity contribution >= 4 is 17.7 Å². The van der Waals surface area contributed by atoms with Crippen molar-refractivity contribution in [3.05, 3.63) is 0 Å². The maximum atomic E-state index is 12.7. The number of rotatable bonds is 6. The van der Waals surface area contributed by atoms with E-state index in [9.17, 15) is 4.79 Å². The first-order valence-electron chi connectivity index (χ1n) is 7.64. The quantitative estimate of drug-likeness (QED) is 0.814. The average Bonchev–Trinajstić information content (AvgIpc) is 2.59. The lowest BCUT2D eigenvalue weighted by Gasteiger charge is -2.44. The van der Waals surface area contributed by atoms with Gasteiger partial charge in [-0.05, 0) is 38.9 Å². The summed E-state index contributed by atoms with van der Waals surface area (Å²) in [6, 6.07) is 0. The van der Waals surface area contributed by atoms with Crippen LogP contribution >= 0.6 is 11.8 Å². The lowest BCUT2D eigenvalue weighted by molar-refractivity contribution is -0.133. The third-order valence-corrected chi connectivity index (χ3v) is 6.42. The van der Waals surface area contributed by atoms with Gasteiger partial charge in [0.2, 0.25) is 5.91 Å². The number of carbonyl (C=O) groups excluding carboxylic acids is 1. The zero-order valence-corrected chi connectivity index (χ0v) is 13.6. The fourth-order valence-electron chi connectivity index (χ4n) is 3.21. The predicted molar refractivity (Wildman–Crippen MR) is 82.3 cm³/mol. The molecule has 0 aromatic rings. The summed E-state index contributed by atoms with van der Waals surface area (Å²) < 4.78 is 0.336. The topological polar surface area (TPSA) is 32.3 Å². The zero-order valence-electron chi connectivity index (χ0n) is 12.8. The summed E-state index contributed by atoms with van der Waals surface area (Å²) in [6.07, 6.45) is 9.33. The van der Waals surface area contributed by atoms with Crippen molar-refractivity contribution in [2.45, 2.75) is 75.7 Å².